The number of nitrogens with zero attached hydrogens (tertiary/aromatic N) is 1. The summed E-state index contributed by atoms with van der Waals surface area (Å²) >= 11 is 0. The third kappa shape index (κ3) is 5.93. The molecule has 0 unspecified atom stereocenters. The van der Waals surface area contributed by atoms with Gasteiger partial charge in [0, 0.05) is 26.1 Å². The fourth-order valence-corrected chi connectivity index (χ4v) is 3.39. The third-order valence-corrected chi connectivity index (χ3v) is 4.77. The van der Waals surface area contributed by atoms with Gasteiger partial charge in [-0.25, -0.2) is 13.1 Å². The summed E-state index contributed by atoms with van der Waals surface area (Å²) < 4.78 is 24.3. The van der Waals surface area contributed by atoms with Crippen molar-refractivity contribution in [3.63, 3.8) is 0 Å². The summed E-state index contributed by atoms with van der Waals surface area (Å²) in [7, 11) is -3.24. The van der Waals surface area contributed by atoms with Gasteiger partial charge in [-0.15, -0.1) is 0 Å². The molecule has 0 radical (unpaired) electrons. The van der Waals surface area contributed by atoms with E-state index in [1.807, 2.05) is 29.2 Å². The van der Waals surface area contributed by atoms with Crippen LogP contribution in [0.2, 0.25) is 0 Å². The molecule has 0 saturated carbocycles. The first-order valence-corrected chi connectivity index (χ1v) is 9.67. The Labute approximate surface area is 137 Å². The predicted octanol–water partition coefficient (Wildman–Crippen LogP) is 0.509. The second kappa shape index (κ2) is 7.90. The standard InChI is InChI=1S/C16H24N2O4S/c1-23(21,22)17-7-5-16(20)18-8-6-14(11-18)9-13-3-2-4-15(10-13)12-19/h2-4,10,14,17,19H,5-9,11-12H2,1H3/t14-/m1/s1. The Bertz CT molecular complexity index is 645. The second-order valence-corrected chi connectivity index (χ2v) is 7.93. The molecule has 1 saturated heterocycles. The van der Waals surface area contributed by atoms with E-state index < -0.39 is 10.0 Å². The quantitative estimate of drug-likeness (QED) is 0.757. The second-order valence-electron chi connectivity index (χ2n) is 6.09. The Balaban J connectivity index is 1.80. The number of carbonyl (C=O) groups excluding carboxylic acids is 1. The van der Waals surface area contributed by atoms with Crippen LogP contribution in [0.5, 0.6) is 0 Å². The van der Waals surface area contributed by atoms with Crippen LogP contribution in [0.4, 0.5) is 0 Å². The highest BCUT2D eigenvalue weighted by molar-refractivity contribution is 7.88. The monoisotopic (exact) mass is 340 g/mol. The van der Waals surface area contributed by atoms with Crippen LogP contribution in [0, 0.1) is 5.92 Å². The van der Waals surface area contributed by atoms with E-state index in [1.54, 1.807) is 0 Å². The van der Waals surface area contributed by atoms with Gasteiger partial charge in [0.25, 0.3) is 0 Å². The number of aliphatic hydroxyl groups is 1. The van der Waals surface area contributed by atoms with Crippen molar-refractivity contribution in [3.8, 4) is 0 Å². The fourth-order valence-electron chi connectivity index (χ4n) is 2.92. The molecule has 0 spiro atoms. The van der Waals surface area contributed by atoms with Gasteiger partial charge in [-0.2, -0.15) is 0 Å². The number of hydrogen-bond donors (Lipinski definition) is 2. The van der Waals surface area contributed by atoms with Crippen LogP contribution < -0.4 is 4.72 Å². The number of nitrogens with one attached hydrogen (secondary N) is 1. The van der Waals surface area contributed by atoms with Crippen LogP contribution >= 0.6 is 0 Å². The molecule has 23 heavy (non-hydrogen) atoms. The van der Waals surface area contributed by atoms with E-state index in [0.717, 1.165) is 31.2 Å². The zero-order valence-corrected chi connectivity index (χ0v) is 14.2. The Morgan fingerprint density at radius 3 is 2.83 bits per heavy atom. The highest BCUT2D eigenvalue weighted by Gasteiger charge is 2.26. The average molecular weight is 340 g/mol. The van der Waals surface area contributed by atoms with E-state index in [2.05, 4.69) is 4.72 Å². The van der Waals surface area contributed by atoms with Gasteiger partial charge >= 0.3 is 0 Å². The summed E-state index contributed by atoms with van der Waals surface area (Å²) in [6, 6.07) is 7.87. The largest absolute Gasteiger partial charge is 0.392 e. The number of aliphatic hydroxyl groups excluding tert-OH is 1. The fraction of sp³-hybridized carbons (Fsp3) is 0.562. The van der Waals surface area contributed by atoms with Crippen LogP contribution in [0.3, 0.4) is 0 Å². The topological polar surface area (TPSA) is 86.7 Å². The molecule has 1 aliphatic heterocycles. The zero-order chi connectivity index (χ0) is 16.9. The summed E-state index contributed by atoms with van der Waals surface area (Å²) in [5, 5.41) is 9.18. The number of hydrogen-bond acceptors (Lipinski definition) is 4. The van der Waals surface area contributed by atoms with E-state index in [1.165, 1.54) is 5.56 Å². The lowest BCUT2D eigenvalue weighted by atomic mass is 9.97. The van der Waals surface area contributed by atoms with Gasteiger partial charge in [0.1, 0.15) is 0 Å². The number of amides is 1. The minimum absolute atomic E-state index is 0.00670. The highest BCUT2D eigenvalue weighted by Crippen LogP contribution is 2.22. The summed E-state index contributed by atoms with van der Waals surface area (Å²) in [6.45, 7) is 1.62. The van der Waals surface area contributed by atoms with Crippen molar-refractivity contribution in [2.75, 3.05) is 25.9 Å². The van der Waals surface area contributed by atoms with Crippen molar-refractivity contribution in [1.29, 1.82) is 0 Å². The number of rotatable bonds is 7. The Kier molecular flexibility index (Phi) is 6.15. The third-order valence-electron chi connectivity index (χ3n) is 4.04. The Hall–Kier alpha value is -1.44. The molecule has 7 heteroatoms. The molecule has 0 aromatic heterocycles. The SMILES string of the molecule is CS(=O)(=O)NCCC(=O)N1CC[C@H](Cc2cccc(CO)c2)C1. The number of likely N-dealkylation sites (tertiary alicyclic amines) is 1. The van der Waals surface area contributed by atoms with Crippen LogP contribution in [0.15, 0.2) is 24.3 Å². The van der Waals surface area contributed by atoms with Gasteiger partial charge in [0.05, 0.1) is 12.9 Å². The van der Waals surface area contributed by atoms with Gasteiger partial charge in [-0.05, 0) is 29.9 Å². The Morgan fingerprint density at radius 1 is 1.39 bits per heavy atom. The average Bonchev–Trinajstić information content (AvgIpc) is 2.94. The van der Waals surface area contributed by atoms with Crippen LogP contribution in [-0.2, 0) is 27.8 Å². The highest BCUT2D eigenvalue weighted by atomic mass is 32.2. The first-order chi connectivity index (χ1) is 10.9. The van der Waals surface area contributed by atoms with E-state index >= 15 is 0 Å². The Morgan fingerprint density at radius 2 is 2.13 bits per heavy atom. The minimum atomic E-state index is -3.24. The summed E-state index contributed by atoms with van der Waals surface area (Å²) in [5.74, 6) is 0.406. The van der Waals surface area contributed by atoms with Crippen LogP contribution in [0.1, 0.15) is 24.0 Å². The number of benzene rings is 1. The van der Waals surface area contributed by atoms with Crippen LogP contribution in [-0.4, -0.2) is 50.2 Å². The van der Waals surface area contributed by atoms with Crippen molar-refractivity contribution < 1.29 is 18.3 Å². The molecule has 2 rings (SSSR count). The lowest BCUT2D eigenvalue weighted by Gasteiger charge is -2.17. The van der Waals surface area contributed by atoms with Crippen molar-refractivity contribution in [3.05, 3.63) is 35.4 Å². The zero-order valence-electron chi connectivity index (χ0n) is 13.4. The lowest BCUT2D eigenvalue weighted by Crippen LogP contribution is -2.33. The first kappa shape index (κ1) is 17.9. The van der Waals surface area contributed by atoms with E-state index in [9.17, 15) is 18.3 Å². The maximum atomic E-state index is 12.1. The molecule has 0 aliphatic carbocycles. The molecule has 1 atom stereocenters. The number of sulfonamides is 1. The molecule has 1 fully saturated rings. The summed E-state index contributed by atoms with van der Waals surface area (Å²) in [5.41, 5.74) is 2.08. The molecule has 128 valence electrons. The molecule has 1 aromatic rings. The molecule has 1 amide bonds. The van der Waals surface area contributed by atoms with Crippen LogP contribution in [0.25, 0.3) is 0 Å². The van der Waals surface area contributed by atoms with Crippen molar-refractivity contribution >= 4 is 15.9 Å². The normalized spacial score (nSPS) is 18.3. The smallest absolute Gasteiger partial charge is 0.223 e. The maximum Gasteiger partial charge on any atom is 0.223 e. The molecule has 1 heterocycles. The molecule has 1 aromatic carbocycles. The molecule has 2 N–H and O–H groups in total. The predicted molar refractivity (Wildman–Crippen MR) is 88.2 cm³/mol. The van der Waals surface area contributed by atoms with Crippen molar-refractivity contribution in [2.24, 2.45) is 5.92 Å². The number of carbonyl (C=O) groups is 1. The maximum absolute atomic E-state index is 12.1. The van der Waals surface area contributed by atoms with E-state index in [4.69, 9.17) is 0 Å². The van der Waals surface area contributed by atoms with E-state index in [-0.39, 0.29) is 25.5 Å². The van der Waals surface area contributed by atoms with Gasteiger partial charge in [0.2, 0.25) is 15.9 Å². The van der Waals surface area contributed by atoms with E-state index in [0.29, 0.717) is 12.5 Å². The molecular weight excluding hydrogens is 316 g/mol. The molecule has 1 aliphatic rings. The minimum Gasteiger partial charge on any atom is -0.392 e. The van der Waals surface area contributed by atoms with Crippen molar-refractivity contribution in [1.82, 2.24) is 9.62 Å². The van der Waals surface area contributed by atoms with Gasteiger partial charge in [0.15, 0.2) is 0 Å². The summed E-state index contributed by atoms with van der Waals surface area (Å²) in [6.07, 6.45) is 3.12. The molecular formula is C16H24N2O4S. The molecule has 0 bridgehead atoms. The summed E-state index contributed by atoms with van der Waals surface area (Å²) in [4.78, 5) is 13.9. The van der Waals surface area contributed by atoms with Gasteiger partial charge < -0.3 is 10.0 Å². The lowest BCUT2D eigenvalue weighted by molar-refractivity contribution is -0.130. The van der Waals surface area contributed by atoms with Gasteiger partial charge in [-0.3, -0.25) is 4.79 Å². The van der Waals surface area contributed by atoms with Crippen molar-refractivity contribution in [2.45, 2.75) is 25.9 Å². The first-order valence-electron chi connectivity index (χ1n) is 7.78. The molecule has 6 nitrogen and oxygen atoms in total. The van der Waals surface area contributed by atoms with Gasteiger partial charge in [-0.1, -0.05) is 24.3 Å².